The van der Waals surface area contributed by atoms with Crippen molar-refractivity contribution >= 4 is 34.3 Å². The molecule has 0 N–H and O–H groups in total. The molecule has 2 heterocycles. The number of halogens is 1. The van der Waals surface area contributed by atoms with Gasteiger partial charge in [-0.3, -0.25) is 9.36 Å². The van der Waals surface area contributed by atoms with Crippen LogP contribution in [0.5, 0.6) is 0 Å². The summed E-state index contributed by atoms with van der Waals surface area (Å²) in [6.07, 6.45) is 2.10. The summed E-state index contributed by atoms with van der Waals surface area (Å²) in [6.45, 7) is 1.31. The van der Waals surface area contributed by atoms with E-state index in [1.54, 1.807) is 4.57 Å². The summed E-state index contributed by atoms with van der Waals surface area (Å²) in [5.41, 5.74) is 1.75. The van der Waals surface area contributed by atoms with Gasteiger partial charge in [-0.05, 0) is 36.6 Å². The molecule has 3 aromatic rings. The highest BCUT2D eigenvalue weighted by Crippen LogP contribution is 2.27. The summed E-state index contributed by atoms with van der Waals surface area (Å²) in [7, 11) is 0. The lowest BCUT2D eigenvalue weighted by atomic mass is 10.2. The number of fused-ring (bicyclic) bond motifs is 1. The van der Waals surface area contributed by atoms with Gasteiger partial charge in [-0.15, -0.1) is 0 Å². The van der Waals surface area contributed by atoms with Gasteiger partial charge >= 0.3 is 0 Å². The molecule has 26 heavy (non-hydrogen) atoms. The Hall–Kier alpha value is -1.82. The Labute approximate surface area is 161 Å². The molecule has 1 unspecified atom stereocenters. The maximum atomic E-state index is 13.0. The Morgan fingerprint density at radius 2 is 2.00 bits per heavy atom. The summed E-state index contributed by atoms with van der Waals surface area (Å²) < 4.78 is 7.51. The number of nitrogens with zero attached hydrogens (tertiary/aromatic N) is 2. The van der Waals surface area contributed by atoms with Crippen LogP contribution in [0.15, 0.2) is 58.5 Å². The van der Waals surface area contributed by atoms with E-state index in [9.17, 15) is 4.79 Å². The maximum absolute atomic E-state index is 13.0. The first-order chi connectivity index (χ1) is 12.7. The van der Waals surface area contributed by atoms with Crippen molar-refractivity contribution in [2.45, 2.75) is 36.4 Å². The smallest absolute Gasteiger partial charge is 0.262 e. The molecule has 134 valence electrons. The number of thioether (sulfide) groups is 1. The van der Waals surface area contributed by atoms with Crippen molar-refractivity contribution in [3.8, 4) is 0 Å². The SMILES string of the molecule is O=c1c2ccccc2nc(SCc2ccccc2Cl)n1CC1CCCO1. The number of benzene rings is 2. The molecule has 1 aromatic heterocycles. The second-order valence-corrected chi connectivity index (χ2v) is 7.69. The largest absolute Gasteiger partial charge is 0.376 e. The topological polar surface area (TPSA) is 44.1 Å². The quantitative estimate of drug-likeness (QED) is 0.477. The molecule has 1 aliphatic heterocycles. The number of para-hydroxylation sites is 1. The molecule has 0 saturated carbocycles. The minimum Gasteiger partial charge on any atom is -0.376 e. The second-order valence-electron chi connectivity index (χ2n) is 6.34. The highest BCUT2D eigenvalue weighted by Gasteiger charge is 2.20. The van der Waals surface area contributed by atoms with Gasteiger partial charge < -0.3 is 4.74 Å². The number of ether oxygens (including phenoxy) is 1. The third-order valence-electron chi connectivity index (χ3n) is 4.55. The van der Waals surface area contributed by atoms with Crippen molar-refractivity contribution < 1.29 is 4.74 Å². The first-order valence-corrected chi connectivity index (χ1v) is 10.1. The molecule has 0 radical (unpaired) electrons. The third-order valence-corrected chi connectivity index (χ3v) is 5.95. The van der Waals surface area contributed by atoms with Crippen LogP contribution in [0, 0.1) is 0 Å². The monoisotopic (exact) mass is 386 g/mol. The highest BCUT2D eigenvalue weighted by atomic mass is 35.5. The molecule has 0 amide bonds. The van der Waals surface area contributed by atoms with Gasteiger partial charge in [0.05, 0.1) is 23.6 Å². The molecular weight excluding hydrogens is 368 g/mol. The zero-order valence-corrected chi connectivity index (χ0v) is 15.8. The average Bonchev–Trinajstić information content (AvgIpc) is 3.17. The van der Waals surface area contributed by atoms with Gasteiger partial charge in [0, 0.05) is 17.4 Å². The Balaban J connectivity index is 1.71. The van der Waals surface area contributed by atoms with Gasteiger partial charge in [0.25, 0.3) is 5.56 Å². The van der Waals surface area contributed by atoms with Crippen molar-refractivity contribution in [3.63, 3.8) is 0 Å². The van der Waals surface area contributed by atoms with Gasteiger partial charge in [-0.25, -0.2) is 4.98 Å². The molecule has 2 aromatic carbocycles. The Kier molecular flexibility index (Phi) is 5.29. The fourth-order valence-corrected chi connectivity index (χ4v) is 4.46. The van der Waals surface area contributed by atoms with Gasteiger partial charge in [0.2, 0.25) is 0 Å². The van der Waals surface area contributed by atoms with Gasteiger partial charge in [0.1, 0.15) is 0 Å². The van der Waals surface area contributed by atoms with Crippen LogP contribution >= 0.6 is 23.4 Å². The predicted octanol–water partition coefficient (Wildman–Crippen LogP) is 4.52. The molecule has 1 aliphatic rings. The molecule has 4 nitrogen and oxygen atoms in total. The molecule has 0 bridgehead atoms. The van der Waals surface area contributed by atoms with E-state index < -0.39 is 0 Å². The maximum Gasteiger partial charge on any atom is 0.262 e. The lowest BCUT2D eigenvalue weighted by Gasteiger charge is -2.16. The van der Waals surface area contributed by atoms with E-state index >= 15 is 0 Å². The summed E-state index contributed by atoms with van der Waals surface area (Å²) >= 11 is 7.81. The number of hydrogen-bond donors (Lipinski definition) is 0. The number of hydrogen-bond acceptors (Lipinski definition) is 4. The van der Waals surface area contributed by atoms with Crippen LogP contribution in [0.4, 0.5) is 0 Å². The third kappa shape index (κ3) is 3.65. The molecule has 1 saturated heterocycles. The summed E-state index contributed by atoms with van der Waals surface area (Å²) in [4.78, 5) is 17.8. The van der Waals surface area contributed by atoms with E-state index in [4.69, 9.17) is 21.3 Å². The van der Waals surface area contributed by atoms with Crippen LogP contribution in [0.25, 0.3) is 10.9 Å². The Bertz CT molecular complexity index is 983. The summed E-state index contributed by atoms with van der Waals surface area (Å²) in [5, 5.41) is 2.09. The van der Waals surface area contributed by atoms with Crippen LogP contribution in [0.2, 0.25) is 5.02 Å². The van der Waals surface area contributed by atoms with E-state index in [-0.39, 0.29) is 11.7 Å². The van der Waals surface area contributed by atoms with Gasteiger partial charge in [-0.1, -0.05) is 53.7 Å². The summed E-state index contributed by atoms with van der Waals surface area (Å²) in [5.74, 6) is 0.663. The van der Waals surface area contributed by atoms with Crippen LogP contribution in [-0.2, 0) is 17.0 Å². The lowest BCUT2D eigenvalue weighted by molar-refractivity contribution is 0.0937. The highest BCUT2D eigenvalue weighted by molar-refractivity contribution is 7.98. The average molecular weight is 387 g/mol. The molecule has 1 atom stereocenters. The zero-order valence-electron chi connectivity index (χ0n) is 14.2. The van der Waals surface area contributed by atoms with E-state index in [0.717, 1.165) is 35.6 Å². The minimum atomic E-state index is -0.00670. The van der Waals surface area contributed by atoms with E-state index in [1.165, 1.54) is 11.8 Å². The standard InChI is InChI=1S/C20H19ClN2O2S/c21-17-9-3-1-6-14(17)13-26-20-22-18-10-4-2-8-16(18)19(24)23(20)12-15-7-5-11-25-15/h1-4,6,8-10,15H,5,7,11-13H2. The van der Waals surface area contributed by atoms with Crippen LogP contribution < -0.4 is 5.56 Å². The first-order valence-electron chi connectivity index (χ1n) is 8.70. The fraction of sp³-hybridized carbons (Fsp3) is 0.300. The number of rotatable bonds is 5. The molecule has 4 rings (SSSR count). The fourth-order valence-electron chi connectivity index (χ4n) is 3.17. The van der Waals surface area contributed by atoms with E-state index in [2.05, 4.69) is 0 Å². The van der Waals surface area contributed by atoms with Crippen molar-refractivity contribution in [1.82, 2.24) is 9.55 Å². The van der Waals surface area contributed by atoms with E-state index in [0.29, 0.717) is 22.8 Å². The Morgan fingerprint density at radius 1 is 1.19 bits per heavy atom. The molecule has 6 heteroatoms. The van der Waals surface area contributed by atoms with Crippen molar-refractivity contribution in [3.05, 3.63) is 69.5 Å². The van der Waals surface area contributed by atoms with Crippen molar-refractivity contribution in [1.29, 1.82) is 0 Å². The number of aromatic nitrogens is 2. The second kappa shape index (κ2) is 7.82. The lowest BCUT2D eigenvalue weighted by Crippen LogP contribution is -2.28. The van der Waals surface area contributed by atoms with Crippen LogP contribution in [0.1, 0.15) is 18.4 Å². The normalized spacial score (nSPS) is 17.0. The van der Waals surface area contributed by atoms with Gasteiger partial charge in [-0.2, -0.15) is 0 Å². The van der Waals surface area contributed by atoms with E-state index in [1.807, 2.05) is 48.5 Å². The first kappa shape index (κ1) is 17.6. The molecular formula is C20H19ClN2O2S. The molecule has 0 spiro atoms. The predicted molar refractivity (Wildman–Crippen MR) is 106 cm³/mol. The zero-order chi connectivity index (χ0) is 17.9. The molecule has 0 aliphatic carbocycles. The summed E-state index contributed by atoms with van der Waals surface area (Å²) in [6, 6.07) is 15.3. The van der Waals surface area contributed by atoms with Crippen LogP contribution in [-0.4, -0.2) is 22.3 Å². The van der Waals surface area contributed by atoms with Crippen molar-refractivity contribution in [2.75, 3.05) is 6.61 Å². The van der Waals surface area contributed by atoms with Crippen molar-refractivity contribution in [2.24, 2.45) is 0 Å². The van der Waals surface area contributed by atoms with Crippen LogP contribution in [0.3, 0.4) is 0 Å². The van der Waals surface area contributed by atoms with Gasteiger partial charge in [0.15, 0.2) is 5.16 Å². The molecule has 1 fully saturated rings. The minimum absolute atomic E-state index is 0.00670. The Morgan fingerprint density at radius 3 is 2.81 bits per heavy atom.